The molecule has 4 nitrogen and oxygen atoms in total. The van der Waals surface area contributed by atoms with Gasteiger partial charge in [0.15, 0.2) is 0 Å². The highest BCUT2D eigenvalue weighted by atomic mass is 32.2. The Morgan fingerprint density at radius 3 is 2.46 bits per heavy atom. The molecular weight excluding hydrogens is 320 g/mol. The predicted octanol–water partition coefficient (Wildman–Crippen LogP) is 2.51. The molecule has 0 radical (unpaired) electrons. The third-order valence-electron chi connectivity index (χ3n) is 3.50. The van der Waals surface area contributed by atoms with Crippen LogP contribution in [0.5, 0.6) is 0 Å². The molecule has 0 aliphatic heterocycles. The summed E-state index contributed by atoms with van der Waals surface area (Å²) in [5.41, 5.74) is 2.80. The first-order chi connectivity index (χ1) is 11.7. The highest BCUT2D eigenvalue weighted by molar-refractivity contribution is 7.99. The largest absolute Gasteiger partial charge is 0.394 e. The van der Waals surface area contributed by atoms with Crippen LogP contribution in [0.25, 0.3) is 0 Å². The van der Waals surface area contributed by atoms with Crippen LogP contribution in [-0.4, -0.2) is 29.4 Å². The lowest BCUT2D eigenvalue weighted by atomic mass is 10.1. The highest BCUT2D eigenvalue weighted by Crippen LogP contribution is 2.13. The molecule has 124 valence electrons. The Bertz CT molecular complexity index is 681. The van der Waals surface area contributed by atoms with E-state index < -0.39 is 0 Å². The number of carbonyl (C=O) groups excluding carboxylic acids is 1. The van der Waals surface area contributed by atoms with E-state index in [-0.39, 0.29) is 18.6 Å². The normalized spacial score (nSPS) is 11.5. The molecule has 2 aromatic carbocycles. The lowest BCUT2D eigenvalue weighted by molar-refractivity contribution is -0.119. The summed E-state index contributed by atoms with van der Waals surface area (Å²) in [7, 11) is 0. The summed E-state index contributed by atoms with van der Waals surface area (Å²) < 4.78 is 0. The SMILES string of the molecule is N#Cc1ccc(CSCC(=O)NC(CO)Cc2ccccc2)cc1. The number of nitrogens with zero attached hydrogens (tertiary/aromatic N) is 1. The van der Waals surface area contributed by atoms with E-state index in [1.54, 1.807) is 12.1 Å². The van der Waals surface area contributed by atoms with Gasteiger partial charge in [0, 0.05) is 5.75 Å². The van der Waals surface area contributed by atoms with Crippen LogP contribution in [0, 0.1) is 11.3 Å². The number of nitriles is 1. The second-order valence-corrected chi connectivity index (χ2v) is 6.42. The fraction of sp³-hybridized carbons (Fsp3) is 0.263. The van der Waals surface area contributed by atoms with Gasteiger partial charge >= 0.3 is 0 Å². The minimum Gasteiger partial charge on any atom is -0.394 e. The molecule has 0 heterocycles. The van der Waals surface area contributed by atoms with E-state index in [2.05, 4.69) is 11.4 Å². The zero-order valence-electron chi connectivity index (χ0n) is 13.3. The lowest BCUT2D eigenvalue weighted by Gasteiger charge is -2.16. The lowest BCUT2D eigenvalue weighted by Crippen LogP contribution is -2.40. The molecule has 0 saturated carbocycles. The van der Waals surface area contributed by atoms with Gasteiger partial charge in [-0.15, -0.1) is 11.8 Å². The minimum atomic E-state index is -0.268. The van der Waals surface area contributed by atoms with Gasteiger partial charge in [-0.2, -0.15) is 5.26 Å². The van der Waals surface area contributed by atoms with Crippen molar-refractivity contribution >= 4 is 17.7 Å². The molecule has 2 aromatic rings. The second-order valence-electron chi connectivity index (χ2n) is 5.44. The van der Waals surface area contributed by atoms with Crippen molar-refractivity contribution in [1.82, 2.24) is 5.32 Å². The van der Waals surface area contributed by atoms with Crippen molar-refractivity contribution in [3.63, 3.8) is 0 Å². The number of aliphatic hydroxyl groups excluding tert-OH is 1. The summed E-state index contributed by atoms with van der Waals surface area (Å²) in [4.78, 5) is 12.0. The smallest absolute Gasteiger partial charge is 0.230 e. The van der Waals surface area contributed by atoms with Gasteiger partial charge < -0.3 is 10.4 Å². The summed E-state index contributed by atoms with van der Waals surface area (Å²) in [6, 6.07) is 18.9. The summed E-state index contributed by atoms with van der Waals surface area (Å²) in [5, 5.41) is 21.1. The molecule has 0 bridgehead atoms. The monoisotopic (exact) mass is 340 g/mol. The van der Waals surface area contributed by atoms with Crippen molar-refractivity contribution in [2.45, 2.75) is 18.2 Å². The number of hydrogen-bond acceptors (Lipinski definition) is 4. The van der Waals surface area contributed by atoms with Gasteiger partial charge in [0.1, 0.15) is 0 Å². The average molecular weight is 340 g/mol. The number of carbonyl (C=O) groups is 1. The van der Waals surface area contributed by atoms with Gasteiger partial charge in [0.25, 0.3) is 0 Å². The van der Waals surface area contributed by atoms with E-state index in [0.717, 1.165) is 11.1 Å². The highest BCUT2D eigenvalue weighted by Gasteiger charge is 2.12. The molecule has 24 heavy (non-hydrogen) atoms. The van der Waals surface area contributed by atoms with Crippen molar-refractivity contribution in [2.75, 3.05) is 12.4 Å². The van der Waals surface area contributed by atoms with Gasteiger partial charge in [-0.05, 0) is 29.7 Å². The summed E-state index contributed by atoms with van der Waals surface area (Å²) in [6.07, 6.45) is 0.614. The molecular formula is C19H20N2O2S. The Balaban J connectivity index is 1.74. The molecule has 2 rings (SSSR count). The molecule has 0 aliphatic rings. The summed E-state index contributed by atoms with van der Waals surface area (Å²) in [6.45, 7) is -0.0824. The maximum Gasteiger partial charge on any atom is 0.230 e. The Labute approximate surface area is 146 Å². The van der Waals surface area contributed by atoms with Crippen LogP contribution in [0.4, 0.5) is 0 Å². The van der Waals surface area contributed by atoms with Crippen LogP contribution in [0.15, 0.2) is 54.6 Å². The second kappa shape index (κ2) is 9.76. The molecule has 0 fully saturated rings. The fourth-order valence-electron chi connectivity index (χ4n) is 2.27. The zero-order chi connectivity index (χ0) is 17.2. The number of rotatable bonds is 8. The number of benzene rings is 2. The molecule has 2 N–H and O–H groups in total. The topological polar surface area (TPSA) is 73.1 Å². The van der Waals surface area contributed by atoms with Crippen LogP contribution in [0.1, 0.15) is 16.7 Å². The van der Waals surface area contributed by atoms with E-state index in [1.165, 1.54) is 11.8 Å². The first-order valence-corrected chi connectivity index (χ1v) is 8.87. The van der Waals surface area contributed by atoms with Crippen molar-refractivity contribution < 1.29 is 9.90 Å². The standard InChI is InChI=1S/C19H20N2O2S/c20-11-16-6-8-17(9-7-16)13-24-14-19(23)21-18(12-22)10-15-4-2-1-3-5-15/h1-9,18,22H,10,12-14H2,(H,21,23). The third kappa shape index (κ3) is 6.07. The van der Waals surface area contributed by atoms with Gasteiger partial charge in [0.2, 0.25) is 5.91 Å². The number of hydrogen-bond donors (Lipinski definition) is 2. The summed E-state index contributed by atoms with van der Waals surface area (Å²) >= 11 is 1.51. The molecule has 5 heteroatoms. The molecule has 0 aromatic heterocycles. The maximum absolute atomic E-state index is 12.0. The number of amides is 1. The molecule has 0 aliphatic carbocycles. The van der Waals surface area contributed by atoms with Gasteiger partial charge in [-0.1, -0.05) is 42.5 Å². The molecule has 0 saturated heterocycles. The minimum absolute atomic E-state index is 0.0800. The van der Waals surface area contributed by atoms with Gasteiger partial charge in [-0.3, -0.25) is 4.79 Å². The van der Waals surface area contributed by atoms with E-state index in [4.69, 9.17) is 5.26 Å². The number of aliphatic hydroxyl groups is 1. The Hall–Kier alpha value is -2.29. The first-order valence-electron chi connectivity index (χ1n) is 7.72. The van der Waals surface area contributed by atoms with Crippen LogP contribution < -0.4 is 5.32 Å². The van der Waals surface area contributed by atoms with Crippen LogP contribution >= 0.6 is 11.8 Å². The zero-order valence-corrected chi connectivity index (χ0v) is 14.1. The van der Waals surface area contributed by atoms with E-state index in [9.17, 15) is 9.90 Å². The summed E-state index contributed by atoms with van der Waals surface area (Å²) in [5.74, 6) is 0.969. The van der Waals surface area contributed by atoms with Crippen LogP contribution in [-0.2, 0) is 17.0 Å². The molecule has 0 spiro atoms. The van der Waals surface area contributed by atoms with Crippen LogP contribution in [0.2, 0.25) is 0 Å². The quantitative estimate of drug-likeness (QED) is 0.774. The third-order valence-corrected chi connectivity index (χ3v) is 4.50. The Morgan fingerprint density at radius 1 is 1.12 bits per heavy atom. The maximum atomic E-state index is 12.0. The molecule has 1 atom stereocenters. The van der Waals surface area contributed by atoms with Gasteiger partial charge in [0.05, 0.1) is 30.0 Å². The van der Waals surface area contributed by atoms with E-state index in [0.29, 0.717) is 23.5 Å². The van der Waals surface area contributed by atoms with Crippen molar-refractivity contribution in [1.29, 1.82) is 5.26 Å². The van der Waals surface area contributed by atoms with Crippen molar-refractivity contribution in [3.05, 3.63) is 71.3 Å². The molecule has 1 amide bonds. The van der Waals surface area contributed by atoms with Crippen LogP contribution in [0.3, 0.4) is 0 Å². The fourth-order valence-corrected chi connectivity index (χ4v) is 3.07. The average Bonchev–Trinajstić information content (AvgIpc) is 2.62. The van der Waals surface area contributed by atoms with Gasteiger partial charge in [-0.25, -0.2) is 0 Å². The Morgan fingerprint density at radius 2 is 1.83 bits per heavy atom. The number of thioether (sulfide) groups is 1. The van der Waals surface area contributed by atoms with E-state index >= 15 is 0 Å². The van der Waals surface area contributed by atoms with Crippen molar-refractivity contribution in [2.24, 2.45) is 0 Å². The Kier molecular flexibility index (Phi) is 7.34. The first kappa shape index (κ1) is 18.1. The number of nitrogens with one attached hydrogen (secondary N) is 1. The molecule has 1 unspecified atom stereocenters. The predicted molar refractivity (Wildman–Crippen MR) is 96.5 cm³/mol. The van der Waals surface area contributed by atoms with Crippen molar-refractivity contribution in [3.8, 4) is 6.07 Å². The van der Waals surface area contributed by atoms with E-state index in [1.807, 2.05) is 42.5 Å².